The molecule has 7 nitrogen and oxygen atoms in total. The van der Waals surface area contributed by atoms with Gasteiger partial charge in [-0.3, -0.25) is 4.79 Å². The summed E-state index contributed by atoms with van der Waals surface area (Å²) < 4.78 is 1.01. The number of fused-ring (bicyclic) bond motifs is 1. The van der Waals surface area contributed by atoms with E-state index in [0.717, 1.165) is 51.7 Å². The largest absolute Gasteiger partial charge is 0.372 e. The van der Waals surface area contributed by atoms with Crippen LogP contribution >= 0.6 is 22.7 Å². The molecule has 0 amide bonds. The van der Waals surface area contributed by atoms with Gasteiger partial charge in [0.2, 0.25) is 5.13 Å². The Labute approximate surface area is 213 Å². The van der Waals surface area contributed by atoms with Gasteiger partial charge in [0.1, 0.15) is 9.83 Å². The van der Waals surface area contributed by atoms with Gasteiger partial charge in [-0.05, 0) is 74.9 Å². The van der Waals surface area contributed by atoms with Gasteiger partial charge in [-0.15, -0.1) is 20.5 Å². The molecule has 0 atom stereocenters. The summed E-state index contributed by atoms with van der Waals surface area (Å²) in [5.74, 6) is 0.171. The minimum Gasteiger partial charge on any atom is -0.372 e. The fourth-order valence-electron chi connectivity index (χ4n) is 3.53. The first kappa shape index (κ1) is 24.8. The fourth-order valence-corrected chi connectivity index (χ4v) is 5.38. The van der Waals surface area contributed by atoms with E-state index < -0.39 is 0 Å². The van der Waals surface area contributed by atoms with E-state index in [4.69, 9.17) is 0 Å². The van der Waals surface area contributed by atoms with Crippen LogP contribution < -0.4 is 4.90 Å². The smallest absolute Gasteiger partial charge is 0.231 e. The van der Waals surface area contributed by atoms with Gasteiger partial charge in [0, 0.05) is 30.8 Å². The lowest BCUT2D eigenvalue weighted by Crippen LogP contribution is -2.21. The molecule has 35 heavy (non-hydrogen) atoms. The lowest BCUT2D eigenvalue weighted by Gasteiger charge is -2.20. The molecule has 0 aliphatic carbocycles. The maximum atomic E-state index is 12.1. The molecule has 4 aromatic rings. The number of thiophene rings is 1. The van der Waals surface area contributed by atoms with Gasteiger partial charge in [0.15, 0.2) is 5.78 Å². The summed E-state index contributed by atoms with van der Waals surface area (Å²) >= 11 is 2.94. The molecule has 180 valence electrons. The van der Waals surface area contributed by atoms with Crippen molar-refractivity contribution in [2.24, 2.45) is 20.5 Å². The van der Waals surface area contributed by atoms with Crippen molar-refractivity contribution in [3.8, 4) is 0 Å². The number of thiazole rings is 1. The van der Waals surface area contributed by atoms with Crippen LogP contribution in [0.1, 0.15) is 50.4 Å². The minimum absolute atomic E-state index is 0.171. The number of carbonyl (C=O) groups excluding carboxylic acids is 1. The Bertz CT molecular complexity index is 1290. The van der Waals surface area contributed by atoms with Crippen molar-refractivity contribution in [2.45, 2.75) is 40.0 Å². The number of rotatable bonds is 11. The molecule has 2 heterocycles. The Morgan fingerprint density at radius 1 is 0.857 bits per heavy atom. The zero-order valence-electron chi connectivity index (χ0n) is 20.1. The molecule has 0 spiro atoms. The van der Waals surface area contributed by atoms with Crippen LogP contribution in [0.5, 0.6) is 0 Å². The highest BCUT2D eigenvalue weighted by Gasteiger charge is 2.09. The molecule has 2 aromatic heterocycles. The molecule has 0 N–H and O–H groups in total. The fraction of sp³-hybridized carbons (Fsp3) is 0.308. The van der Waals surface area contributed by atoms with Crippen LogP contribution in [0.15, 0.2) is 75.1 Å². The van der Waals surface area contributed by atoms with E-state index in [-0.39, 0.29) is 5.78 Å². The van der Waals surface area contributed by atoms with Crippen LogP contribution in [0.3, 0.4) is 0 Å². The lowest BCUT2D eigenvalue weighted by molar-refractivity contribution is 0.0980. The summed E-state index contributed by atoms with van der Waals surface area (Å²) in [6.07, 6.45) is 2.51. The Hall–Kier alpha value is -3.30. The molecule has 0 saturated heterocycles. The quantitative estimate of drug-likeness (QED) is 0.151. The normalized spacial score (nSPS) is 11.7. The number of hydrogen-bond acceptors (Lipinski definition) is 9. The second-order valence-corrected chi connectivity index (χ2v) is 9.93. The van der Waals surface area contributed by atoms with Gasteiger partial charge in [-0.2, -0.15) is 0 Å². The number of Topliss-reactive ketones (excluding diaryl/α,β-unsaturated/α-hetero) is 1. The van der Waals surface area contributed by atoms with E-state index in [0.29, 0.717) is 17.2 Å². The predicted molar refractivity (Wildman–Crippen MR) is 146 cm³/mol. The molecule has 9 heteroatoms. The number of hydrogen-bond donors (Lipinski definition) is 0. The van der Waals surface area contributed by atoms with E-state index in [9.17, 15) is 4.79 Å². The molecule has 0 unspecified atom stereocenters. The Morgan fingerprint density at radius 3 is 2.14 bits per heavy atom. The highest BCUT2D eigenvalue weighted by molar-refractivity contribution is 7.30. The molecule has 2 aromatic carbocycles. The van der Waals surface area contributed by atoms with Crippen molar-refractivity contribution in [1.82, 2.24) is 4.98 Å². The molecule has 0 saturated carbocycles. The maximum absolute atomic E-state index is 12.1. The summed E-state index contributed by atoms with van der Waals surface area (Å²) in [6, 6.07) is 17.3. The second kappa shape index (κ2) is 11.9. The van der Waals surface area contributed by atoms with Gasteiger partial charge >= 0.3 is 0 Å². The topological polar surface area (TPSA) is 82.6 Å². The van der Waals surface area contributed by atoms with Crippen molar-refractivity contribution in [3.05, 3.63) is 60.2 Å². The molecular formula is C26H28N6OS2. The molecule has 0 aliphatic heterocycles. The van der Waals surface area contributed by atoms with Crippen molar-refractivity contribution in [1.29, 1.82) is 0 Å². The monoisotopic (exact) mass is 504 g/mol. The maximum Gasteiger partial charge on any atom is 0.231 e. The van der Waals surface area contributed by atoms with Gasteiger partial charge < -0.3 is 4.90 Å². The third-order valence-corrected chi connectivity index (χ3v) is 7.43. The van der Waals surface area contributed by atoms with Gasteiger partial charge in [-0.1, -0.05) is 36.0 Å². The van der Waals surface area contributed by atoms with Crippen LogP contribution in [0.2, 0.25) is 0 Å². The zero-order chi connectivity index (χ0) is 24.6. The van der Waals surface area contributed by atoms with Crippen molar-refractivity contribution >= 4 is 65.2 Å². The van der Waals surface area contributed by atoms with E-state index >= 15 is 0 Å². The van der Waals surface area contributed by atoms with Crippen molar-refractivity contribution in [2.75, 3.05) is 18.0 Å². The Kier molecular flexibility index (Phi) is 8.44. The van der Waals surface area contributed by atoms with Crippen LogP contribution in [-0.2, 0) is 0 Å². The number of benzene rings is 2. The Morgan fingerprint density at radius 2 is 1.51 bits per heavy atom. The van der Waals surface area contributed by atoms with E-state index in [2.05, 4.69) is 63.2 Å². The van der Waals surface area contributed by atoms with Crippen LogP contribution in [0.4, 0.5) is 27.2 Å². The molecule has 4 rings (SSSR count). The summed E-state index contributed by atoms with van der Waals surface area (Å²) in [6.45, 7) is 8.32. The number of nitrogens with zero attached hydrogens (tertiary/aromatic N) is 6. The number of anilines is 1. The van der Waals surface area contributed by atoms with Gasteiger partial charge in [0.05, 0.1) is 16.1 Å². The molecular weight excluding hydrogens is 476 g/mol. The lowest BCUT2D eigenvalue weighted by atomic mass is 10.1. The molecule has 0 fully saturated rings. The number of unbranched alkanes of at least 4 members (excludes halogenated alkanes) is 1. The highest BCUT2D eigenvalue weighted by Crippen LogP contribution is 2.39. The molecule has 0 radical (unpaired) electrons. The second-order valence-electron chi connectivity index (χ2n) is 7.91. The number of ketones is 1. The summed E-state index contributed by atoms with van der Waals surface area (Å²) in [5.41, 5.74) is 3.41. The van der Waals surface area contributed by atoms with Gasteiger partial charge in [-0.25, -0.2) is 4.98 Å². The van der Waals surface area contributed by atoms with Crippen molar-refractivity contribution < 1.29 is 4.79 Å². The van der Waals surface area contributed by atoms with Crippen LogP contribution in [-0.4, -0.2) is 23.9 Å². The number of azo groups is 2. The first-order valence-corrected chi connectivity index (χ1v) is 13.4. The summed E-state index contributed by atoms with van der Waals surface area (Å²) in [7, 11) is 0. The van der Waals surface area contributed by atoms with E-state index in [1.54, 1.807) is 0 Å². The SMILES string of the molecule is CCCCC(=O)c1ccc(N=Nc2cc3sc(N=Nc4ccc(N(CC)CC)cc4)nc3s2)cc1. The van der Waals surface area contributed by atoms with E-state index in [1.807, 2.05) is 42.5 Å². The third-order valence-electron chi connectivity index (χ3n) is 5.51. The Balaban J connectivity index is 1.38. The summed E-state index contributed by atoms with van der Waals surface area (Å²) in [5, 5.41) is 18.7. The molecule has 0 bridgehead atoms. The average Bonchev–Trinajstić information content (AvgIpc) is 3.45. The van der Waals surface area contributed by atoms with Crippen LogP contribution in [0.25, 0.3) is 9.53 Å². The first-order chi connectivity index (χ1) is 17.1. The predicted octanol–water partition coefficient (Wildman–Crippen LogP) is 9.41. The highest BCUT2D eigenvalue weighted by atomic mass is 32.1. The van der Waals surface area contributed by atoms with Gasteiger partial charge in [0.25, 0.3) is 0 Å². The standard InChI is InChI=1S/C26H28N6OS2/c1-4-7-8-22(33)18-9-11-19(12-10-18)28-30-24-17-23-25(35-24)27-26(34-23)31-29-20-13-15-21(16-14-20)32(5-2)6-3/h9-17H,4-8H2,1-3H3. The minimum atomic E-state index is 0.171. The third kappa shape index (κ3) is 6.43. The summed E-state index contributed by atoms with van der Waals surface area (Å²) in [4.78, 5) is 19.8. The van der Waals surface area contributed by atoms with Crippen LogP contribution in [0, 0.1) is 0 Å². The molecule has 0 aliphatic rings. The number of carbonyl (C=O) groups is 1. The average molecular weight is 505 g/mol. The zero-order valence-corrected chi connectivity index (χ0v) is 21.8. The van der Waals surface area contributed by atoms with E-state index in [1.165, 1.54) is 28.4 Å². The van der Waals surface area contributed by atoms with Crippen molar-refractivity contribution in [3.63, 3.8) is 0 Å². The first-order valence-electron chi connectivity index (χ1n) is 11.8. The number of aromatic nitrogens is 1.